The van der Waals surface area contributed by atoms with Crippen LogP contribution >= 0.6 is 0 Å². The summed E-state index contributed by atoms with van der Waals surface area (Å²) in [6.45, 7) is 4.59. The Hall–Kier alpha value is -2.37. The number of aromatic hydroxyl groups is 1. The molecule has 0 amide bonds. The fraction of sp³-hybridized carbons (Fsp3) is 0.438. The highest BCUT2D eigenvalue weighted by Crippen LogP contribution is 2.32. The molecule has 1 rings (SSSR count). The maximum Gasteiger partial charge on any atom is 0.326 e. The number of carboxylic acids is 1. The molecular formula is C16H21NO5. The molecule has 0 heterocycles. The monoisotopic (exact) mass is 307 g/mol. The van der Waals surface area contributed by atoms with Crippen LogP contribution in [0.1, 0.15) is 49.5 Å². The van der Waals surface area contributed by atoms with Gasteiger partial charge in [-0.2, -0.15) is 0 Å². The maximum atomic E-state index is 11.5. The van der Waals surface area contributed by atoms with Crippen molar-refractivity contribution in [1.82, 2.24) is 0 Å². The molecule has 0 spiro atoms. The summed E-state index contributed by atoms with van der Waals surface area (Å²) < 4.78 is 0. The average molecular weight is 307 g/mol. The van der Waals surface area contributed by atoms with E-state index in [1.165, 1.54) is 19.9 Å². The maximum absolute atomic E-state index is 11.5. The molecule has 120 valence electrons. The number of benzene rings is 1. The van der Waals surface area contributed by atoms with E-state index < -0.39 is 12.0 Å². The number of phenolic OH excluding ortho intramolecular Hbond substituents is 1. The summed E-state index contributed by atoms with van der Waals surface area (Å²) >= 11 is 0. The molecule has 0 aromatic heterocycles. The number of carboxylic acid groups (broad SMARTS) is 1. The van der Waals surface area contributed by atoms with Gasteiger partial charge in [-0.05, 0) is 32.4 Å². The van der Waals surface area contributed by atoms with Crippen LogP contribution in [0.5, 0.6) is 5.75 Å². The summed E-state index contributed by atoms with van der Waals surface area (Å²) in [7, 11) is 0. The van der Waals surface area contributed by atoms with E-state index in [9.17, 15) is 24.6 Å². The highest BCUT2D eigenvalue weighted by atomic mass is 16.4. The summed E-state index contributed by atoms with van der Waals surface area (Å²) in [5, 5.41) is 22.2. The number of anilines is 1. The Morgan fingerprint density at radius 1 is 1.23 bits per heavy atom. The minimum absolute atomic E-state index is 0.133. The Kier molecular flexibility index (Phi) is 6.10. The molecule has 6 heteroatoms. The third kappa shape index (κ3) is 4.31. The van der Waals surface area contributed by atoms with Gasteiger partial charge in [-0.15, -0.1) is 0 Å². The number of Topliss-reactive ketones (excluding diaryl/α,β-unsaturated/α-hetero) is 2. The van der Waals surface area contributed by atoms with Crippen molar-refractivity contribution < 1.29 is 24.6 Å². The van der Waals surface area contributed by atoms with Crippen LogP contribution in [0.4, 0.5) is 5.69 Å². The van der Waals surface area contributed by atoms with Gasteiger partial charge < -0.3 is 15.5 Å². The van der Waals surface area contributed by atoms with Crippen molar-refractivity contribution >= 4 is 23.2 Å². The second-order valence-corrected chi connectivity index (χ2v) is 5.24. The number of aliphatic carboxylic acids is 1. The van der Waals surface area contributed by atoms with Gasteiger partial charge in [-0.25, -0.2) is 4.79 Å². The highest BCUT2D eigenvalue weighted by Gasteiger charge is 2.22. The van der Waals surface area contributed by atoms with Crippen molar-refractivity contribution in [2.24, 2.45) is 0 Å². The Bertz CT molecular complexity index is 594. The lowest BCUT2D eigenvalue weighted by Gasteiger charge is -2.19. The van der Waals surface area contributed by atoms with Gasteiger partial charge in [0.1, 0.15) is 17.6 Å². The first-order valence-corrected chi connectivity index (χ1v) is 7.12. The van der Waals surface area contributed by atoms with Crippen LogP contribution in [0, 0.1) is 0 Å². The van der Waals surface area contributed by atoms with Crippen LogP contribution in [0.25, 0.3) is 0 Å². The van der Waals surface area contributed by atoms with Crippen LogP contribution in [0.2, 0.25) is 0 Å². The second kappa shape index (κ2) is 7.59. The molecule has 0 radical (unpaired) electrons. The largest absolute Gasteiger partial charge is 0.507 e. The Balaban J connectivity index is 3.22. The normalized spacial score (nSPS) is 11.8. The fourth-order valence-electron chi connectivity index (χ4n) is 2.23. The van der Waals surface area contributed by atoms with E-state index in [0.29, 0.717) is 24.1 Å². The van der Waals surface area contributed by atoms with Gasteiger partial charge in [0.25, 0.3) is 0 Å². The number of hydrogen-bond acceptors (Lipinski definition) is 5. The van der Waals surface area contributed by atoms with E-state index in [4.69, 9.17) is 0 Å². The molecule has 0 aliphatic carbocycles. The zero-order valence-electron chi connectivity index (χ0n) is 13.0. The average Bonchev–Trinajstić information content (AvgIpc) is 2.40. The van der Waals surface area contributed by atoms with E-state index in [1.807, 2.05) is 6.92 Å². The van der Waals surface area contributed by atoms with Crippen LogP contribution < -0.4 is 5.32 Å². The molecule has 1 atom stereocenters. The van der Waals surface area contributed by atoms with Crippen molar-refractivity contribution in [3.8, 4) is 5.75 Å². The Labute approximate surface area is 129 Å². The van der Waals surface area contributed by atoms with Gasteiger partial charge in [0.05, 0.1) is 5.56 Å². The van der Waals surface area contributed by atoms with Crippen molar-refractivity contribution in [2.75, 3.05) is 5.32 Å². The molecule has 3 N–H and O–H groups in total. The minimum atomic E-state index is -1.15. The molecule has 0 fully saturated rings. The topological polar surface area (TPSA) is 104 Å². The van der Waals surface area contributed by atoms with Crippen molar-refractivity contribution in [1.29, 1.82) is 0 Å². The Morgan fingerprint density at radius 2 is 1.86 bits per heavy atom. The standard InChI is InChI=1S/C16H21NO5/c1-4-5-12-13(7-6-11(10(3)19)15(12)20)17-14(16(21)22)8-9(2)18/h6-7,14,17,20H,4-5,8H2,1-3H3,(H,21,22). The number of carbonyl (C=O) groups excluding carboxylic acids is 2. The molecule has 0 aliphatic heterocycles. The van der Waals surface area contributed by atoms with Gasteiger partial charge in [0.2, 0.25) is 0 Å². The van der Waals surface area contributed by atoms with Crippen LogP contribution in [-0.2, 0) is 16.0 Å². The number of ketones is 2. The van der Waals surface area contributed by atoms with Crippen LogP contribution in [-0.4, -0.2) is 33.8 Å². The predicted octanol–water partition coefficient (Wildman–Crippen LogP) is 2.39. The number of nitrogens with one attached hydrogen (secondary N) is 1. The molecule has 0 saturated heterocycles. The predicted molar refractivity (Wildman–Crippen MR) is 82.5 cm³/mol. The van der Waals surface area contributed by atoms with Gasteiger partial charge >= 0.3 is 5.97 Å². The molecule has 6 nitrogen and oxygen atoms in total. The summed E-state index contributed by atoms with van der Waals surface area (Å²) in [4.78, 5) is 33.9. The third-order valence-electron chi connectivity index (χ3n) is 3.28. The smallest absolute Gasteiger partial charge is 0.326 e. The summed E-state index contributed by atoms with van der Waals surface area (Å²) in [5.74, 6) is -1.79. The highest BCUT2D eigenvalue weighted by molar-refractivity contribution is 5.98. The summed E-state index contributed by atoms with van der Waals surface area (Å²) in [6.07, 6.45) is 1.05. The first-order valence-electron chi connectivity index (χ1n) is 7.12. The third-order valence-corrected chi connectivity index (χ3v) is 3.28. The lowest BCUT2D eigenvalue weighted by Crippen LogP contribution is -2.31. The van der Waals surface area contributed by atoms with Gasteiger partial charge in [-0.3, -0.25) is 9.59 Å². The van der Waals surface area contributed by atoms with E-state index in [0.717, 1.165) is 0 Å². The van der Waals surface area contributed by atoms with E-state index in [1.54, 1.807) is 6.07 Å². The fourth-order valence-corrected chi connectivity index (χ4v) is 2.23. The van der Waals surface area contributed by atoms with Gasteiger partial charge in [-0.1, -0.05) is 13.3 Å². The van der Waals surface area contributed by atoms with Gasteiger partial charge in [0, 0.05) is 17.7 Å². The van der Waals surface area contributed by atoms with Crippen molar-refractivity contribution in [2.45, 2.75) is 46.1 Å². The quantitative estimate of drug-likeness (QED) is 0.637. The first kappa shape index (κ1) is 17.7. The Morgan fingerprint density at radius 3 is 2.32 bits per heavy atom. The van der Waals surface area contributed by atoms with E-state index in [2.05, 4.69) is 5.32 Å². The SMILES string of the molecule is CCCc1c(NC(CC(C)=O)C(=O)O)ccc(C(C)=O)c1O. The molecule has 1 aromatic carbocycles. The number of rotatable bonds is 8. The second-order valence-electron chi connectivity index (χ2n) is 5.24. The van der Waals surface area contributed by atoms with E-state index >= 15 is 0 Å². The molecule has 22 heavy (non-hydrogen) atoms. The number of phenols is 1. The molecule has 0 bridgehead atoms. The molecule has 0 aliphatic rings. The minimum Gasteiger partial charge on any atom is -0.507 e. The molecule has 1 aromatic rings. The lowest BCUT2D eigenvalue weighted by molar-refractivity contribution is -0.139. The van der Waals surface area contributed by atoms with Crippen molar-refractivity contribution in [3.05, 3.63) is 23.3 Å². The zero-order valence-corrected chi connectivity index (χ0v) is 13.0. The number of carbonyl (C=O) groups is 3. The molecular weight excluding hydrogens is 286 g/mol. The molecule has 0 saturated carbocycles. The van der Waals surface area contributed by atoms with Crippen molar-refractivity contribution in [3.63, 3.8) is 0 Å². The summed E-state index contributed by atoms with van der Waals surface area (Å²) in [6, 6.07) is 1.94. The number of hydrogen-bond donors (Lipinski definition) is 3. The zero-order chi connectivity index (χ0) is 16.9. The summed E-state index contributed by atoms with van der Waals surface area (Å²) in [5.41, 5.74) is 1.12. The van der Waals surface area contributed by atoms with Gasteiger partial charge in [0.15, 0.2) is 5.78 Å². The molecule has 1 unspecified atom stereocenters. The van der Waals surface area contributed by atoms with Crippen LogP contribution in [0.15, 0.2) is 12.1 Å². The van der Waals surface area contributed by atoms with E-state index in [-0.39, 0.29) is 29.3 Å². The first-order chi connectivity index (χ1) is 10.3. The lowest BCUT2D eigenvalue weighted by atomic mass is 9.99. The van der Waals surface area contributed by atoms with Crippen LogP contribution in [0.3, 0.4) is 0 Å².